The van der Waals surface area contributed by atoms with Gasteiger partial charge < -0.3 is 10.0 Å². The third-order valence-corrected chi connectivity index (χ3v) is 5.29. The number of aliphatic carboxylic acids is 1. The van der Waals surface area contributed by atoms with Crippen LogP contribution in [0.5, 0.6) is 0 Å². The van der Waals surface area contributed by atoms with Crippen LogP contribution in [0.4, 0.5) is 0 Å². The number of amides is 1. The van der Waals surface area contributed by atoms with Gasteiger partial charge in [-0.2, -0.15) is 11.8 Å². The van der Waals surface area contributed by atoms with Crippen LogP contribution < -0.4 is 0 Å². The van der Waals surface area contributed by atoms with Crippen molar-refractivity contribution in [2.45, 2.75) is 24.1 Å². The summed E-state index contributed by atoms with van der Waals surface area (Å²) in [5, 5.41) is 9.09. The first-order chi connectivity index (χ1) is 7.70. The van der Waals surface area contributed by atoms with Crippen molar-refractivity contribution in [2.75, 3.05) is 23.8 Å². The van der Waals surface area contributed by atoms with Crippen LogP contribution in [0.3, 0.4) is 0 Å². The largest absolute Gasteiger partial charge is 0.480 e. The Labute approximate surface area is 103 Å². The average molecular weight is 261 g/mol. The maximum absolute atomic E-state index is 12.1. The minimum atomic E-state index is -0.872. The third-order valence-electron chi connectivity index (χ3n) is 2.90. The molecule has 2 atom stereocenters. The van der Waals surface area contributed by atoms with E-state index in [1.165, 1.54) is 0 Å². The average Bonchev–Trinajstić information content (AvgIpc) is 2.81. The van der Waals surface area contributed by atoms with Crippen LogP contribution in [0.25, 0.3) is 0 Å². The second kappa shape index (κ2) is 5.31. The fourth-order valence-electron chi connectivity index (χ4n) is 2.03. The van der Waals surface area contributed by atoms with Crippen molar-refractivity contribution in [3.8, 4) is 0 Å². The van der Waals surface area contributed by atoms with Gasteiger partial charge in [-0.15, -0.1) is 11.8 Å². The quantitative estimate of drug-likeness (QED) is 0.800. The molecule has 16 heavy (non-hydrogen) atoms. The van der Waals surface area contributed by atoms with E-state index in [0.29, 0.717) is 12.3 Å². The van der Waals surface area contributed by atoms with Crippen LogP contribution in [0.15, 0.2) is 0 Å². The molecule has 2 aliphatic heterocycles. The maximum Gasteiger partial charge on any atom is 0.327 e. The van der Waals surface area contributed by atoms with E-state index in [1.54, 1.807) is 28.4 Å². The molecule has 4 nitrogen and oxygen atoms in total. The molecule has 0 radical (unpaired) electrons. The molecular weight excluding hydrogens is 246 g/mol. The van der Waals surface area contributed by atoms with E-state index >= 15 is 0 Å². The summed E-state index contributed by atoms with van der Waals surface area (Å²) in [5.74, 6) is 1.57. The lowest BCUT2D eigenvalue weighted by Crippen LogP contribution is -2.52. The van der Waals surface area contributed by atoms with Gasteiger partial charge in [-0.05, 0) is 18.6 Å². The zero-order valence-corrected chi connectivity index (χ0v) is 10.6. The molecule has 0 aliphatic carbocycles. The van der Waals surface area contributed by atoms with Crippen LogP contribution in [-0.4, -0.2) is 57.0 Å². The Kier molecular flexibility index (Phi) is 4.02. The molecule has 2 rings (SSSR count). The molecule has 1 amide bonds. The predicted octanol–water partition coefficient (Wildman–Crippen LogP) is 0.911. The molecule has 0 saturated carbocycles. The van der Waals surface area contributed by atoms with Gasteiger partial charge in [0.2, 0.25) is 5.91 Å². The molecule has 0 aromatic rings. The van der Waals surface area contributed by atoms with Crippen molar-refractivity contribution < 1.29 is 14.7 Å². The monoisotopic (exact) mass is 261 g/mol. The van der Waals surface area contributed by atoms with Crippen LogP contribution in [0.2, 0.25) is 0 Å². The second-order valence-electron chi connectivity index (χ2n) is 3.96. The molecular formula is C10H15NO3S2. The normalized spacial score (nSPS) is 30.4. The van der Waals surface area contributed by atoms with Crippen LogP contribution in [0, 0.1) is 0 Å². The van der Waals surface area contributed by atoms with Crippen molar-refractivity contribution >= 4 is 35.4 Å². The van der Waals surface area contributed by atoms with Crippen molar-refractivity contribution in [2.24, 2.45) is 0 Å². The van der Waals surface area contributed by atoms with Crippen molar-refractivity contribution in [1.82, 2.24) is 4.90 Å². The number of carbonyl (C=O) groups is 2. The smallest absolute Gasteiger partial charge is 0.327 e. The topological polar surface area (TPSA) is 57.6 Å². The molecule has 6 heteroatoms. The first-order valence-corrected chi connectivity index (χ1v) is 7.63. The van der Waals surface area contributed by atoms with Gasteiger partial charge >= 0.3 is 5.97 Å². The Morgan fingerprint density at radius 3 is 2.75 bits per heavy atom. The molecule has 0 aromatic carbocycles. The number of carboxylic acids is 1. The fraction of sp³-hybridized carbons (Fsp3) is 0.800. The molecule has 2 saturated heterocycles. The Morgan fingerprint density at radius 2 is 2.12 bits per heavy atom. The lowest BCUT2D eigenvalue weighted by atomic mass is 10.2. The summed E-state index contributed by atoms with van der Waals surface area (Å²) in [6.45, 7) is 0.581. The van der Waals surface area contributed by atoms with E-state index < -0.39 is 12.0 Å². The highest BCUT2D eigenvalue weighted by molar-refractivity contribution is 8.00. The first-order valence-electron chi connectivity index (χ1n) is 5.43. The Morgan fingerprint density at radius 1 is 1.31 bits per heavy atom. The molecule has 1 N–H and O–H groups in total. The van der Waals surface area contributed by atoms with E-state index in [9.17, 15) is 9.59 Å². The number of nitrogens with zero attached hydrogens (tertiary/aromatic N) is 1. The summed E-state index contributed by atoms with van der Waals surface area (Å²) in [6.07, 6.45) is 1.97. The van der Waals surface area contributed by atoms with Gasteiger partial charge in [0, 0.05) is 18.1 Å². The molecule has 2 fully saturated rings. The minimum absolute atomic E-state index is 0.00458. The standard InChI is InChI=1S/C10H15NO3S2/c12-9(8-2-1-4-16-8)11-3-5-15-6-7(11)10(13)14/h7-8H,1-6H2,(H,13,14). The highest BCUT2D eigenvalue weighted by Gasteiger charge is 2.36. The summed E-state index contributed by atoms with van der Waals surface area (Å²) < 4.78 is 0. The van der Waals surface area contributed by atoms with Gasteiger partial charge in [0.05, 0.1) is 5.25 Å². The summed E-state index contributed by atoms with van der Waals surface area (Å²) >= 11 is 3.28. The van der Waals surface area contributed by atoms with Gasteiger partial charge in [0.1, 0.15) is 6.04 Å². The van der Waals surface area contributed by atoms with Crippen molar-refractivity contribution in [1.29, 1.82) is 0 Å². The zero-order chi connectivity index (χ0) is 11.5. The molecule has 0 aromatic heterocycles. The van der Waals surface area contributed by atoms with E-state index in [4.69, 9.17) is 5.11 Å². The number of carboxylic acid groups (broad SMARTS) is 1. The summed E-state index contributed by atoms with van der Waals surface area (Å²) in [4.78, 5) is 24.8. The third kappa shape index (κ3) is 2.48. The van der Waals surface area contributed by atoms with Gasteiger partial charge in [-0.1, -0.05) is 0 Å². The second-order valence-corrected chi connectivity index (χ2v) is 6.42. The highest BCUT2D eigenvalue weighted by Crippen LogP contribution is 2.29. The lowest BCUT2D eigenvalue weighted by molar-refractivity contribution is -0.149. The Bertz CT molecular complexity index is 292. The van der Waals surface area contributed by atoms with E-state index in [0.717, 1.165) is 24.3 Å². The predicted molar refractivity (Wildman–Crippen MR) is 65.9 cm³/mol. The zero-order valence-electron chi connectivity index (χ0n) is 8.92. The van der Waals surface area contributed by atoms with Crippen LogP contribution >= 0.6 is 23.5 Å². The summed E-state index contributed by atoms with van der Waals surface area (Å²) in [5.41, 5.74) is 0. The Balaban J connectivity index is 2.04. The fourth-order valence-corrected chi connectivity index (χ4v) is 4.30. The SMILES string of the molecule is O=C(O)C1CSCCN1C(=O)C1CCCS1. The van der Waals surface area contributed by atoms with Crippen molar-refractivity contribution in [3.05, 3.63) is 0 Å². The summed E-state index contributed by atoms with van der Waals surface area (Å²) in [6, 6.07) is -0.618. The molecule has 0 bridgehead atoms. The van der Waals surface area contributed by atoms with Crippen LogP contribution in [0.1, 0.15) is 12.8 Å². The molecule has 2 unspecified atom stereocenters. The maximum atomic E-state index is 12.1. The number of hydrogen-bond acceptors (Lipinski definition) is 4. The first kappa shape index (κ1) is 12.1. The van der Waals surface area contributed by atoms with Gasteiger partial charge in [-0.3, -0.25) is 4.79 Å². The van der Waals surface area contributed by atoms with E-state index in [-0.39, 0.29) is 11.2 Å². The summed E-state index contributed by atoms with van der Waals surface area (Å²) in [7, 11) is 0. The molecule has 2 heterocycles. The van der Waals surface area contributed by atoms with Gasteiger partial charge in [0.25, 0.3) is 0 Å². The van der Waals surface area contributed by atoms with Gasteiger partial charge in [-0.25, -0.2) is 4.79 Å². The molecule has 0 spiro atoms. The number of carbonyl (C=O) groups excluding carboxylic acids is 1. The number of rotatable bonds is 2. The van der Waals surface area contributed by atoms with Gasteiger partial charge in [0.15, 0.2) is 0 Å². The Hall–Kier alpha value is -0.360. The number of hydrogen-bond donors (Lipinski definition) is 1. The van der Waals surface area contributed by atoms with Crippen LogP contribution in [-0.2, 0) is 9.59 Å². The minimum Gasteiger partial charge on any atom is -0.480 e. The molecule has 90 valence electrons. The highest BCUT2D eigenvalue weighted by atomic mass is 32.2. The van der Waals surface area contributed by atoms with Crippen molar-refractivity contribution in [3.63, 3.8) is 0 Å². The van der Waals surface area contributed by atoms with E-state index in [1.807, 2.05) is 0 Å². The number of thioether (sulfide) groups is 2. The van der Waals surface area contributed by atoms with E-state index in [2.05, 4.69) is 0 Å². The lowest BCUT2D eigenvalue weighted by Gasteiger charge is -2.34. The molecule has 2 aliphatic rings.